The molecular weight excluding hydrogens is 254 g/mol. The molecule has 1 N–H and O–H groups in total. The van der Waals surface area contributed by atoms with Gasteiger partial charge in [0.25, 0.3) is 5.92 Å². The average Bonchev–Trinajstić information content (AvgIpc) is 2.52. The van der Waals surface area contributed by atoms with Crippen molar-refractivity contribution in [1.29, 1.82) is 0 Å². The molecule has 1 atom stereocenters. The number of carbonyl (C=O) groups is 1. The van der Waals surface area contributed by atoms with Crippen molar-refractivity contribution in [3.8, 4) is 0 Å². The maximum atomic E-state index is 14.0. The molecule has 1 amide bonds. The number of halogens is 2. The highest BCUT2D eigenvalue weighted by molar-refractivity contribution is 5.68. The van der Waals surface area contributed by atoms with Gasteiger partial charge in [-0.25, -0.2) is 13.6 Å². The molecule has 0 aromatic rings. The molecule has 2 saturated heterocycles. The lowest BCUT2D eigenvalue weighted by atomic mass is 9.76. The van der Waals surface area contributed by atoms with Crippen LogP contribution >= 0.6 is 0 Å². The van der Waals surface area contributed by atoms with Crippen LogP contribution < -0.4 is 5.32 Å². The van der Waals surface area contributed by atoms with Crippen LogP contribution in [-0.2, 0) is 4.74 Å². The average molecular weight is 276 g/mol. The lowest BCUT2D eigenvalue weighted by molar-refractivity contribution is -0.112. The largest absolute Gasteiger partial charge is 0.444 e. The van der Waals surface area contributed by atoms with Crippen molar-refractivity contribution in [3.63, 3.8) is 0 Å². The van der Waals surface area contributed by atoms with E-state index in [1.807, 2.05) is 0 Å². The first-order chi connectivity index (χ1) is 8.65. The first-order valence-corrected chi connectivity index (χ1v) is 6.72. The molecule has 2 fully saturated rings. The summed E-state index contributed by atoms with van der Waals surface area (Å²) in [7, 11) is 0. The Morgan fingerprint density at radius 3 is 2.53 bits per heavy atom. The van der Waals surface area contributed by atoms with Gasteiger partial charge in [-0.15, -0.1) is 0 Å². The lowest BCUT2D eigenvalue weighted by Crippen LogP contribution is -2.54. The molecular formula is C13H22F2N2O2. The fourth-order valence-corrected chi connectivity index (χ4v) is 2.83. The van der Waals surface area contributed by atoms with Crippen LogP contribution in [-0.4, -0.2) is 48.7 Å². The molecule has 0 bridgehead atoms. The predicted molar refractivity (Wildman–Crippen MR) is 67.3 cm³/mol. The van der Waals surface area contributed by atoms with Crippen molar-refractivity contribution < 1.29 is 18.3 Å². The van der Waals surface area contributed by atoms with Gasteiger partial charge in [0.05, 0.1) is 12.0 Å². The van der Waals surface area contributed by atoms with E-state index in [4.69, 9.17) is 4.74 Å². The second-order valence-corrected chi connectivity index (χ2v) is 6.59. The first-order valence-electron chi connectivity index (χ1n) is 6.72. The van der Waals surface area contributed by atoms with E-state index in [0.29, 0.717) is 19.4 Å². The number of ether oxygens (including phenoxy) is 1. The second-order valence-electron chi connectivity index (χ2n) is 6.59. The van der Waals surface area contributed by atoms with E-state index in [1.165, 1.54) is 4.90 Å². The molecule has 2 heterocycles. The highest BCUT2D eigenvalue weighted by Gasteiger charge is 2.59. The molecule has 19 heavy (non-hydrogen) atoms. The van der Waals surface area contributed by atoms with Gasteiger partial charge >= 0.3 is 6.09 Å². The minimum atomic E-state index is -2.76. The number of likely N-dealkylation sites (tertiary alicyclic amines) is 1. The monoisotopic (exact) mass is 276 g/mol. The van der Waals surface area contributed by atoms with Gasteiger partial charge in [0.15, 0.2) is 0 Å². The number of hydrogen-bond acceptors (Lipinski definition) is 3. The van der Waals surface area contributed by atoms with Crippen molar-refractivity contribution >= 4 is 6.09 Å². The van der Waals surface area contributed by atoms with Crippen molar-refractivity contribution in [2.45, 2.75) is 45.1 Å². The molecule has 1 spiro atoms. The molecule has 0 aromatic heterocycles. The first kappa shape index (κ1) is 14.5. The van der Waals surface area contributed by atoms with Crippen LogP contribution in [0.1, 0.15) is 33.6 Å². The third kappa shape index (κ3) is 2.83. The number of carbonyl (C=O) groups excluding carboxylic acids is 1. The third-order valence-electron chi connectivity index (χ3n) is 3.81. The number of nitrogens with zero attached hydrogens (tertiary/aromatic N) is 1. The lowest BCUT2D eigenvalue weighted by Gasteiger charge is -2.43. The standard InChI is InChI=1S/C13H22F2N2O2/c1-11(2,3)19-10(18)17-6-4-5-12(9-17)7-16-8-13(12,14)15/h16H,4-9H2,1-3H3. The van der Waals surface area contributed by atoms with E-state index in [9.17, 15) is 13.6 Å². The molecule has 2 aliphatic heterocycles. The molecule has 6 heteroatoms. The zero-order valence-corrected chi connectivity index (χ0v) is 11.8. The number of piperidine rings is 1. The number of alkyl halides is 2. The molecule has 110 valence electrons. The molecule has 4 nitrogen and oxygen atoms in total. The van der Waals surface area contributed by atoms with Crippen LogP contribution in [0.5, 0.6) is 0 Å². The Morgan fingerprint density at radius 1 is 1.32 bits per heavy atom. The summed E-state index contributed by atoms with van der Waals surface area (Å²) in [4.78, 5) is 13.4. The Labute approximate surface area is 112 Å². The molecule has 0 radical (unpaired) electrons. The van der Waals surface area contributed by atoms with E-state index in [-0.39, 0.29) is 19.6 Å². The van der Waals surface area contributed by atoms with Crippen LogP contribution in [0.15, 0.2) is 0 Å². The molecule has 2 aliphatic rings. The third-order valence-corrected chi connectivity index (χ3v) is 3.81. The Balaban J connectivity index is 2.07. The Morgan fingerprint density at radius 2 is 2.00 bits per heavy atom. The van der Waals surface area contributed by atoms with Crippen LogP contribution in [0.25, 0.3) is 0 Å². The summed E-state index contributed by atoms with van der Waals surface area (Å²) in [6, 6.07) is 0. The van der Waals surface area contributed by atoms with Gasteiger partial charge in [-0.2, -0.15) is 0 Å². The summed E-state index contributed by atoms with van der Waals surface area (Å²) in [6.45, 7) is 5.85. The topological polar surface area (TPSA) is 41.6 Å². The summed E-state index contributed by atoms with van der Waals surface area (Å²) in [5.74, 6) is -2.76. The van der Waals surface area contributed by atoms with Crippen molar-refractivity contribution in [2.24, 2.45) is 5.41 Å². The van der Waals surface area contributed by atoms with Crippen LogP contribution in [0, 0.1) is 5.41 Å². The van der Waals surface area contributed by atoms with Crippen LogP contribution in [0.4, 0.5) is 13.6 Å². The van der Waals surface area contributed by atoms with E-state index in [1.54, 1.807) is 20.8 Å². The van der Waals surface area contributed by atoms with Gasteiger partial charge in [0.2, 0.25) is 0 Å². The van der Waals surface area contributed by atoms with Gasteiger partial charge in [-0.3, -0.25) is 0 Å². The number of nitrogens with one attached hydrogen (secondary N) is 1. The van der Waals surface area contributed by atoms with Gasteiger partial charge in [0.1, 0.15) is 5.60 Å². The van der Waals surface area contributed by atoms with Gasteiger partial charge in [-0.05, 0) is 33.6 Å². The number of rotatable bonds is 0. The quantitative estimate of drug-likeness (QED) is 0.738. The molecule has 0 aromatic carbocycles. The normalized spacial score (nSPS) is 30.7. The van der Waals surface area contributed by atoms with E-state index in [2.05, 4.69) is 5.32 Å². The molecule has 0 aliphatic carbocycles. The smallest absolute Gasteiger partial charge is 0.410 e. The second kappa shape index (κ2) is 4.58. The van der Waals surface area contributed by atoms with Gasteiger partial charge in [-0.1, -0.05) is 0 Å². The van der Waals surface area contributed by atoms with Gasteiger partial charge < -0.3 is 15.0 Å². The SMILES string of the molecule is CC(C)(C)OC(=O)N1CCCC2(CNCC2(F)F)C1. The number of hydrogen-bond donors (Lipinski definition) is 1. The minimum absolute atomic E-state index is 0.0713. The zero-order valence-electron chi connectivity index (χ0n) is 11.8. The highest BCUT2D eigenvalue weighted by atomic mass is 19.3. The fraction of sp³-hybridized carbons (Fsp3) is 0.923. The maximum absolute atomic E-state index is 14.0. The molecule has 2 rings (SSSR count). The summed E-state index contributed by atoms with van der Waals surface area (Å²) in [5.41, 5.74) is -1.72. The summed E-state index contributed by atoms with van der Waals surface area (Å²) in [5, 5.41) is 2.75. The van der Waals surface area contributed by atoms with Crippen molar-refractivity contribution in [2.75, 3.05) is 26.2 Å². The Hall–Kier alpha value is -0.910. The molecule has 1 unspecified atom stereocenters. The van der Waals surface area contributed by atoms with Crippen molar-refractivity contribution in [1.82, 2.24) is 10.2 Å². The van der Waals surface area contributed by atoms with Crippen LogP contribution in [0.3, 0.4) is 0 Å². The highest BCUT2D eigenvalue weighted by Crippen LogP contribution is 2.46. The Kier molecular flexibility index (Phi) is 3.49. The van der Waals surface area contributed by atoms with E-state index < -0.39 is 23.0 Å². The zero-order chi connectivity index (χ0) is 14.3. The fourth-order valence-electron chi connectivity index (χ4n) is 2.83. The van der Waals surface area contributed by atoms with E-state index in [0.717, 1.165) is 0 Å². The molecule has 0 saturated carbocycles. The maximum Gasteiger partial charge on any atom is 0.410 e. The number of amides is 1. The van der Waals surface area contributed by atoms with Crippen LogP contribution in [0.2, 0.25) is 0 Å². The predicted octanol–water partition coefficient (Wildman–Crippen LogP) is 2.24. The summed E-state index contributed by atoms with van der Waals surface area (Å²) < 4.78 is 33.3. The Bertz CT molecular complexity index is 368. The summed E-state index contributed by atoms with van der Waals surface area (Å²) >= 11 is 0. The van der Waals surface area contributed by atoms with Crippen molar-refractivity contribution in [3.05, 3.63) is 0 Å². The summed E-state index contributed by atoms with van der Waals surface area (Å²) in [6.07, 6.45) is 0.553. The minimum Gasteiger partial charge on any atom is -0.444 e. The van der Waals surface area contributed by atoms with E-state index >= 15 is 0 Å². The van der Waals surface area contributed by atoms with Gasteiger partial charge in [0, 0.05) is 19.6 Å².